The Hall–Kier alpha value is -0.870. The Bertz CT molecular complexity index is 370. The second-order valence-corrected chi connectivity index (χ2v) is 4.16. The average molecular weight is 240 g/mol. The minimum absolute atomic E-state index is 0.0623. The summed E-state index contributed by atoms with van der Waals surface area (Å²) in [6.07, 6.45) is -5.53. The highest BCUT2D eigenvalue weighted by atomic mass is 19.4. The first-order valence-corrected chi connectivity index (χ1v) is 4.85. The molecule has 92 valence electrons. The first-order valence-electron chi connectivity index (χ1n) is 4.85. The topological polar surface area (TPSA) is 0 Å². The minimum Gasteiger partial charge on any atom is -0.191 e. The molecule has 0 nitrogen and oxygen atoms in total. The van der Waals surface area contributed by atoms with E-state index in [9.17, 15) is 22.0 Å². The Balaban J connectivity index is 3.36. The molecule has 0 radical (unpaired) electrons. The van der Waals surface area contributed by atoms with Gasteiger partial charge in [-0.1, -0.05) is 18.1 Å². The second-order valence-electron chi connectivity index (χ2n) is 4.16. The molecular formula is C11H13F5. The second kappa shape index (κ2) is 3.57. The van der Waals surface area contributed by atoms with Crippen LogP contribution in [0.5, 0.6) is 0 Å². The molecule has 0 saturated heterocycles. The molecule has 0 fully saturated rings. The SMILES string of the molecule is CC1=C(C)C(C)C(C)=C1C(F)(F)C(F)(F)F. The van der Waals surface area contributed by atoms with E-state index in [1.54, 1.807) is 13.8 Å². The molecule has 5 heteroatoms. The van der Waals surface area contributed by atoms with Crippen molar-refractivity contribution in [3.63, 3.8) is 0 Å². The van der Waals surface area contributed by atoms with Gasteiger partial charge in [-0.3, -0.25) is 0 Å². The van der Waals surface area contributed by atoms with E-state index in [0.29, 0.717) is 5.57 Å². The van der Waals surface area contributed by atoms with Crippen molar-refractivity contribution >= 4 is 0 Å². The number of allylic oxidation sites excluding steroid dienone is 4. The molecule has 0 aromatic rings. The van der Waals surface area contributed by atoms with Gasteiger partial charge in [-0.25, -0.2) is 0 Å². The lowest BCUT2D eigenvalue weighted by Crippen LogP contribution is -2.38. The predicted molar refractivity (Wildman–Crippen MR) is 51.2 cm³/mol. The molecule has 0 saturated carbocycles. The number of halogens is 5. The van der Waals surface area contributed by atoms with Gasteiger partial charge in [-0.05, 0) is 32.3 Å². The Morgan fingerprint density at radius 2 is 1.31 bits per heavy atom. The maximum Gasteiger partial charge on any atom is 0.458 e. The van der Waals surface area contributed by atoms with Gasteiger partial charge in [0, 0.05) is 5.57 Å². The van der Waals surface area contributed by atoms with Gasteiger partial charge in [-0.2, -0.15) is 22.0 Å². The van der Waals surface area contributed by atoms with Crippen LogP contribution in [-0.2, 0) is 0 Å². The predicted octanol–water partition coefficient (Wildman–Crippen LogP) is 4.49. The fraction of sp³-hybridized carbons (Fsp3) is 0.636. The van der Waals surface area contributed by atoms with Crippen LogP contribution in [0.4, 0.5) is 22.0 Å². The van der Waals surface area contributed by atoms with E-state index in [2.05, 4.69) is 0 Å². The number of alkyl halides is 5. The lowest BCUT2D eigenvalue weighted by Gasteiger charge is -2.23. The van der Waals surface area contributed by atoms with Crippen LogP contribution in [0.1, 0.15) is 27.7 Å². The van der Waals surface area contributed by atoms with Crippen molar-refractivity contribution in [3.05, 3.63) is 22.3 Å². The van der Waals surface area contributed by atoms with E-state index in [1.165, 1.54) is 13.8 Å². The summed E-state index contributed by atoms with van der Waals surface area (Å²) >= 11 is 0. The van der Waals surface area contributed by atoms with E-state index < -0.39 is 17.7 Å². The summed E-state index contributed by atoms with van der Waals surface area (Å²) in [6.45, 7) is 5.87. The zero-order valence-electron chi connectivity index (χ0n) is 9.47. The molecule has 0 aromatic carbocycles. The summed E-state index contributed by atoms with van der Waals surface area (Å²) < 4.78 is 63.4. The van der Waals surface area contributed by atoms with Gasteiger partial charge in [0.2, 0.25) is 0 Å². The van der Waals surface area contributed by atoms with Crippen LogP contribution in [0.25, 0.3) is 0 Å². The molecule has 0 bridgehead atoms. The fourth-order valence-corrected chi connectivity index (χ4v) is 1.98. The molecule has 1 aliphatic carbocycles. The molecule has 0 aromatic heterocycles. The third kappa shape index (κ3) is 1.66. The van der Waals surface area contributed by atoms with Gasteiger partial charge in [-0.15, -0.1) is 0 Å². The molecule has 1 atom stereocenters. The van der Waals surface area contributed by atoms with Crippen molar-refractivity contribution in [3.8, 4) is 0 Å². The van der Waals surface area contributed by atoms with E-state index in [1.807, 2.05) is 0 Å². The van der Waals surface area contributed by atoms with E-state index in [4.69, 9.17) is 0 Å². The molecule has 0 heterocycles. The molecule has 0 spiro atoms. The fourth-order valence-electron chi connectivity index (χ4n) is 1.98. The van der Waals surface area contributed by atoms with Crippen LogP contribution in [0.3, 0.4) is 0 Å². The first-order chi connectivity index (χ1) is 7.01. The molecule has 0 aliphatic heterocycles. The molecule has 0 N–H and O–H groups in total. The summed E-state index contributed by atoms with van der Waals surface area (Å²) in [5.41, 5.74) is -0.105. The van der Waals surface area contributed by atoms with Crippen LogP contribution >= 0.6 is 0 Å². The summed E-state index contributed by atoms with van der Waals surface area (Å²) in [5, 5.41) is 0. The van der Waals surface area contributed by atoms with Gasteiger partial charge in [0.25, 0.3) is 0 Å². The summed E-state index contributed by atoms with van der Waals surface area (Å²) in [5.74, 6) is -5.10. The normalized spacial score (nSPS) is 23.4. The first kappa shape index (κ1) is 13.2. The van der Waals surface area contributed by atoms with Crippen LogP contribution in [0.2, 0.25) is 0 Å². The Kier molecular flexibility index (Phi) is 2.94. The van der Waals surface area contributed by atoms with Crippen LogP contribution < -0.4 is 0 Å². The molecular weight excluding hydrogens is 227 g/mol. The Labute approximate surface area is 90.8 Å². The zero-order chi connectivity index (χ0) is 12.9. The van der Waals surface area contributed by atoms with Crippen LogP contribution in [-0.4, -0.2) is 12.1 Å². The summed E-state index contributed by atoms with van der Waals surface area (Å²) in [4.78, 5) is 0. The zero-order valence-corrected chi connectivity index (χ0v) is 9.47. The maximum atomic E-state index is 13.3. The maximum absolute atomic E-state index is 13.3. The number of hydrogen-bond acceptors (Lipinski definition) is 0. The molecule has 1 unspecified atom stereocenters. The van der Waals surface area contributed by atoms with Gasteiger partial charge >= 0.3 is 12.1 Å². The van der Waals surface area contributed by atoms with E-state index in [0.717, 1.165) is 0 Å². The quantitative estimate of drug-likeness (QED) is 0.592. The van der Waals surface area contributed by atoms with Crippen LogP contribution in [0, 0.1) is 5.92 Å². The summed E-state index contributed by atoms with van der Waals surface area (Å²) in [7, 11) is 0. The van der Waals surface area contributed by atoms with Crippen molar-refractivity contribution in [2.45, 2.75) is 39.8 Å². The highest BCUT2D eigenvalue weighted by molar-refractivity contribution is 5.51. The Morgan fingerprint density at radius 1 is 0.875 bits per heavy atom. The highest BCUT2D eigenvalue weighted by Crippen LogP contribution is 2.50. The summed E-state index contributed by atoms with van der Waals surface area (Å²) in [6, 6.07) is 0. The monoisotopic (exact) mass is 240 g/mol. The molecule has 0 amide bonds. The molecule has 16 heavy (non-hydrogen) atoms. The van der Waals surface area contributed by atoms with Crippen molar-refractivity contribution in [2.24, 2.45) is 5.92 Å². The van der Waals surface area contributed by atoms with Gasteiger partial charge < -0.3 is 0 Å². The smallest absolute Gasteiger partial charge is 0.191 e. The van der Waals surface area contributed by atoms with Crippen LogP contribution in [0.15, 0.2) is 22.3 Å². The minimum atomic E-state index is -5.53. The average Bonchev–Trinajstić information content (AvgIpc) is 2.29. The standard InChI is InChI=1S/C11H13F5/c1-5-6(2)8(4)9(7(5)3)10(12,13)11(14,15)16/h5H,1-4H3. The van der Waals surface area contributed by atoms with Gasteiger partial charge in [0.1, 0.15) is 0 Å². The third-order valence-corrected chi connectivity index (χ3v) is 3.33. The highest BCUT2D eigenvalue weighted by Gasteiger charge is 2.61. The number of rotatable bonds is 1. The lowest BCUT2D eigenvalue weighted by molar-refractivity contribution is -0.263. The van der Waals surface area contributed by atoms with Crippen molar-refractivity contribution < 1.29 is 22.0 Å². The number of hydrogen-bond donors (Lipinski definition) is 0. The van der Waals surface area contributed by atoms with Gasteiger partial charge in [0.15, 0.2) is 0 Å². The van der Waals surface area contributed by atoms with E-state index >= 15 is 0 Å². The van der Waals surface area contributed by atoms with Crippen molar-refractivity contribution in [1.29, 1.82) is 0 Å². The third-order valence-electron chi connectivity index (χ3n) is 3.33. The van der Waals surface area contributed by atoms with E-state index in [-0.39, 0.29) is 17.1 Å². The van der Waals surface area contributed by atoms with Crippen molar-refractivity contribution in [1.82, 2.24) is 0 Å². The molecule has 1 rings (SSSR count). The Morgan fingerprint density at radius 3 is 1.56 bits per heavy atom. The molecule has 1 aliphatic rings. The largest absolute Gasteiger partial charge is 0.458 e. The van der Waals surface area contributed by atoms with Crippen molar-refractivity contribution in [2.75, 3.05) is 0 Å². The van der Waals surface area contributed by atoms with Gasteiger partial charge in [0.05, 0.1) is 0 Å². The lowest BCUT2D eigenvalue weighted by atomic mass is 9.97.